The van der Waals surface area contributed by atoms with Gasteiger partial charge in [0.25, 0.3) is 0 Å². The van der Waals surface area contributed by atoms with Crippen molar-refractivity contribution in [3.63, 3.8) is 0 Å². The van der Waals surface area contributed by atoms with Gasteiger partial charge in [-0.1, -0.05) is 6.42 Å². The quantitative estimate of drug-likeness (QED) is 0.711. The average Bonchev–Trinajstić information content (AvgIpc) is 2.29. The Morgan fingerprint density at radius 3 is 2.76 bits per heavy atom. The fraction of sp³-hybridized carbons (Fsp3) is 1.00. The zero-order valence-corrected chi connectivity index (χ0v) is 11.6. The van der Waals surface area contributed by atoms with E-state index in [1.807, 2.05) is 6.92 Å². The van der Waals surface area contributed by atoms with Crippen molar-refractivity contribution in [1.82, 2.24) is 4.31 Å². The molecule has 1 rings (SSSR count). The van der Waals surface area contributed by atoms with E-state index in [0.717, 1.165) is 19.3 Å². The molecular weight excluding hydrogens is 240 g/mol. The van der Waals surface area contributed by atoms with Crippen molar-refractivity contribution < 1.29 is 13.2 Å². The van der Waals surface area contributed by atoms with Crippen molar-refractivity contribution in [3.05, 3.63) is 0 Å². The first-order valence-electron chi connectivity index (χ1n) is 6.23. The molecule has 0 aromatic rings. The summed E-state index contributed by atoms with van der Waals surface area (Å²) in [5.41, 5.74) is 5.88. The van der Waals surface area contributed by atoms with Gasteiger partial charge in [0.2, 0.25) is 10.0 Å². The Hall–Kier alpha value is -0.170. The highest BCUT2D eigenvalue weighted by molar-refractivity contribution is 7.89. The van der Waals surface area contributed by atoms with Crippen LogP contribution in [0.3, 0.4) is 0 Å². The van der Waals surface area contributed by atoms with E-state index in [4.69, 9.17) is 10.5 Å². The molecule has 0 aromatic carbocycles. The van der Waals surface area contributed by atoms with Gasteiger partial charge >= 0.3 is 0 Å². The minimum Gasteiger partial charge on any atom is -0.385 e. The first-order chi connectivity index (χ1) is 7.99. The number of methoxy groups -OCH3 is 1. The maximum Gasteiger partial charge on any atom is 0.214 e. The predicted octanol–water partition coefficient (Wildman–Crippen LogP) is 0.554. The van der Waals surface area contributed by atoms with Crippen molar-refractivity contribution >= 4 is 10.0 Å². The Morgan fingerprint density at radius 1 is 1.47 bits per heavy atom. The molecule has 0 aromatic heterocycles. The van der Waals surface area contributed by atoms with E-state index in [2.05, 4.69) is 0 Å². The fourth-order valence-electron chi connectivity index (χ4n) is 2.30. The Morgan fingerprint density at radius 2 is 2.18 bits per heavy atom. The van der Waals surface area contributed by atoms with Gasteiger partial charge in [-0.2, -0.15) is 4.31 Å². The average molecular weight is 264 g/mol. The molecule has 1 heterocycles. The predicted molar refractivity (Wildman–Crippen MR) is 68.3 cm³/mol. The molecule has 102 valence electrons. The molecular formula is C11H24N2O3S. The Balaban J connectivity index is 2.66. The molecule has 0 bridgehead atoms. The van der Waals surface area contributed by atoms with E-state index in [1.54, 1.807) is 11.4 Å². The van der Waals surface area contributed by atoms with E-state index in [1.165, 1.54) is 0 Å². The number of hydrogen-bond acceptors (Lipinski definition) is 4. The monoisotopic (exact) mass is 264 g/mol. The molecule has 1 saturated heterocycles. The first-order valence-corrected chi connectivity index (χ1v) is 7.84. The summed E-state index contributed by atoms with van der Waals surface area (Å²) in [5.74, 6) is 0.157. The summed E-state index contributed by atoms with van der Waals surface area (Å²) in [7, 11) is -1.59. The van der Waals surface area contributed by atoms with Crippen LogP contribution in [0.2, 0.25) is 0 Å². The molecule has 1 aliphatic heterocycles. The van der Waals surface area contributed by atoms with Crippen LogP contribution in [0.25, 0.3) is 0 Å². The van der Waals surface area contributed by atoms with Gasteiger partial charge in [-0.3, -0.25) is 0 Å². The molecule has 1 aliphatic rings. The van der Waals surface area contributed by atoms with E-state index < -0.39 is 10.0 Å². The lowest BCUT2D eigenvalue weighted by Gasteiger charge is -2.36. The van der Waals surface area contributed by atoms with Gasteiger partial charge < -0.3 is 10.5 Å². The Bertz CT molecular complexity index is 317. The molecule has 1 fully saturated rings. The summed E-state index contributed by atoms with van der Waals surface area (Å²) in [4.78, 5) is 0. The van der Waals surface area contributed by atoms with E-state index >= 15 is 0 Å². The highest BCUT2D eigenvalue weighted by atomic mass is 32.2. The Labute approximate surface area is 104 Å². The molecule has 0 radical (unpaired) electrons. The third-order valence-corrected chi connectivity index (χ3v) is 5.19. The molecule has 5 nitrogen and oxygen atoms in total. The van der Waals surface area contributed by atoms with Gasteiger partial charge in [0.15, 0.2) is 0 Å². The Kier molecular flexibility index (Phi) is 5.85. The second-order valence-corrected chi connectivity index (χ2v) is 6.74. The van der Waals surface area contributed by atoms with Crippen molar-refractivity contribution in [2.45, 2.75) is 44.7 Å². The van der Waals surface area contributed by atoms with Crippen molar-refractivity contribution in [3.8, 4) is 0 Å². The highest BCUT2D eigenvalue weighted by Crippen LogP contribution is 2.22. The first kappa shape index (κ1) is 14.9. The van der Waals surface area contributed by atoms with Crippen molar-refractivity contribution in [2.24, 2.45) is 5.73 Å². The second-order valence-electron chi connectivity index (χ2n) is 4.70. The zero-order valence-electron chi connectivity index (χ0n) is 10.8. The zero-order chi connectivity index (χ0) is 12.9. The third-order valence-electron chi connectivity index (χ3n) is 3.21. The van der Waals surface area contributed by atoms with Crippen LogP contribution in [0.4, 0.5) is 0 Å². The summed E-state index contributed by atoms with van der Waals surface area (Å²) in [6.45, 7) is 2.98. The topological polar surface area (TPSA) is 72.6 Å². The molecule has 6 heteroatoms. The summed E-state index contributed by atoms with van der Waals surface area (Å²) < 4.78 is 30.9. The highest BCUT2D eigenvalue weighted by Gasteiger charge is 2.33. The molecule has 2 atom stereocenters. The van der Waals surface area contributed by atoms with Crippen LogP contribution in [0.15, 0.2) is 0 Å². The standard InChI is InChI=1S/C11H24N2O3S/c1-10(12)11-6-3-4-7-13(11)17(14,15)9-5-8-16-2/h10-11H,3-9,12H2,1-2H3. The molecule has 0 amide bonds. The summed E-state index contributed by atoms with van der Waals surface area (Å²) in [6.07, 6.45) is 3.42. The number of nitrogens with two attached hydrogens (primary N) is 1. The number of piperidine rings is 1. The van der Waals surface area contributed by atoms with Gasteiger partial charge in [0.1, 0.15) is 0 Å². The molecule has 2 unspecified atom stereocenters. The van der Waals surface area contributed by atoms with Crippen LogP contribution in [0.5, 0.6) is 0 Å². The third kappa shape index (κ3) is 4.21. The van der Waals surface area contributed by atoms with Gasteiger partial charge in [0, 0.05) is 32.3 Å². The van der Waals surface area contributed by atoms with Crippen LogP contribution in [-0.4, -0.2) is 50.8 Å². The van der Waals surface area contributed by atoms with Crippen molar-refractivity contribution in [1.29, 1.82) is 0 Å². The van der Waals surface area contributed by atoms with Gasteiger partial charge in [0.05, 0.1) is 5.75 Å². The van der Waals surface area contributed by atoms with E-state index in [9.17, 15) is 8.42 Å². The van der Waals surface area contributed by atoms with Crippen LogP contribution < -0.4 is 5.73 Å². The number of nitrogens with zero attached hydrogens (tertiary/aromatic N) is 1. The SMILES string of the molecule is COCCCS(=O)(=O)N1CCCCC1C(C)N. The largest absolute Gasteiger partial charge is 0.385 e. The lowest BCUT2D eigenvalue weighted by molar-refractivity contribution is 0.197. The minimum absolute atomic E-state index is 0.0312. The summed E-state index contributed by atoms with van der Waals surface area (Å²) in [6, 6.07) is -0.135. The van der Waals surface area contributed by atoms with Gasteiger partial charge in [-0.15, -0.1) is 0 Å². The van der Waals surface area contributed by atoms with Crippen LogP contribution >= 0.6 is 0 Å². The van der Waals surface area contributed by atoms with Gasteiger partial charge in [-0.25, -0.2) is 8.42 Å². The second kappa shape index (κ2) is 6.68. The molecule has 2 N–H and O–H groups in total. The van der Waals surface area contributed by atoms with Gasteiger partial charge in [-0.05, 0) is 26.2 Å². The molecule has 0 aliphatic carbocycles. The fourth-order valence-corrected chi connectivity index (χ4v) is 4.14. The molecule has 0 saturated carbocycles. The maximum absolute atomic E-state index is 12.2. The lowest BCUT2D eigenvalue weighted by atomic mass is 10.00. The van der Waals surface area contributed by atoms with E-state index in [0.29, 0.717) is 19.6 Å². The number of hydrogen-bond donors (Lipinski definition) is 1. The van der Waals surface area contributed by atoms with Crippen LogP contribution in [-0.2, 0) is 14.8 Å². The molecule has 0 spiro atoms. The van der Waals surface area contributed by atoms with Crippen LogP contribution in [0.1, 0.15) is 32.6 Å². The smallest absolute Gasteiger partial charge is 0.214 e. The van der Waals surface area contributed by atoms with Crippen LogP contribution in [0, 0.1) is 0 Å². The summed E-state index contributed by atoms with van der Waals surface area (Å²) in [5, 5.41) is 0. The maximum atomic E-state index is 12.2. The summed E-state index contributed by atoms with van der Waals surface area (Å²) >= 11 is 0. The number of ether oxygens (including phenoxy) is 1. The van der Waals surface area contributed by atoms with E-state index in [-0.39, 0.29) is 17.8 Å². The molecule has 17 heavy (non-hydrogen) atoms. The number of rotatable bonds is 6. The minimum atomic E-state index is -3.18. The number of sulfonamides is 1. The lowest BCUT2D eigenvalue weighted by Crippen LogP contribution is -2.52. The normalized spacial score (nSPS) is 24.8. The van der Waals surface area contributed by atoms with Crippen molar-refractivity contribution in [2.75, 3.05) is 26.0 Å².